The summed E-state index contributed by atoms with van der Waals surface area (Å²) in [5, 5.41) is 38.3. The number of carbonyl (C=O) groups is 3. The first-order chi connectivity index (χ1) is 10.7. The standard InChI is InChI=1S/C14H18N2O7.H2O/c15-8(5-7-1-3-10(17)11(18)6-7)13(21)16-9(14(22)23)2-4-12(19)20;/h1,3,6,8-9,17-18H,2,4-5,15H2,(H,16,21)(H,19,20)(H,22,23);1H2/t8-,9-;/m0./s1. The van der Waals surface area contributed by atoms with Gasteiger partial charge in [0.15, 0.2) is 11.5 Å². The third-order valence-electron chi connectivity index (χ3n) is 3.09. The molecule has 0 heterocycles. The molecule has 134 valence electrons. The summed E-state index contributed by atoms with van der Waals surface area (Å²) in [6, 6.07) is 1.49. The molecule has 0 fully saturated rings. The Labute approximate surface area is 136 Å². The number of hydrogen-bond donors (Lipinski definition) is 6. The fourth-order valence-electron chi connectivity index (χ4n) is 1.85. The van der Waals surface area contributed by atoms with Crippen LogP contribution in [0.15, 0.2) is 18.2 Å². The Hall–Kier alpha value is -2.85. The largest absolute Gasteiger partial charge is 0.504 e. The number of nitrogens with two attached hydrogens (primary N) is 1. The van der Waals surface area contributed by atoms with Gasteiger partial charge in [-0.25, -0.2) is 4.79 Å². The van der Waals surface area contributed by atoms with E-state index >= 15 is 0 Å². The van der Waals surface area contributed by atoms with Gasteiger partial charge in [-0.2, -0.15) is 0 Å². The highest BCUT2D eigenvalue weighted by molar-refractivity contribution is 5.87. The Morgan fingerprint density at radius 2 is 1.75 bits per heavy atom. The van der Waals surface area contributed by atoms with Gasteiger partial charge in [-0.15, -0.1) is 0 Å². The van der Waals surface area contributed by atoms with E-state index in [1.54, 1.807) is 0 Å². The summed E-state index contributed by atoms with van der Waals surface area (Å²) in [5.41, 5.74) is 6.15. The van der Waals surface area contributed by atoms with E-state index in [1.807, 2.05) is 0 Å². The molecule has 0 aromatic heterocycles. The predicted molar refractivity (Wildman–Crippen MR) is 81.5 cm³/mol. The van der Waals surface area contributed by atoms with Crippen LogP contribution < -0.4 is 11.1 Å². The van der Waals surface area contributed by atoms with Crippen molar-refractivity contribution in [1.82, 2.24) is 5.32 Å². The van der Waals surface area contributed by atoms with E-state index in [4.69, 9.17) is 15.9 Å². The maximum absolute atomic E-state index is 11.9. The highest BCUT2D eigenvalue weighted by Crippen LogP contribution is 2.25. The maximum Gasteiger partial charge on any atom is 0.326 e. The summed E-state index contributed by atoms with van der Waals surface area (Å²) in [6.45, 7) is 0. The van der Waals surface area contributed by atoms with Crippen molar-refractivity contribution >= 4 is 17.8 Å². The van der Waals surface area contributed by atoms with Crippen molar-refractivity contribution in [3.8, 4) is 11.5 Å². The lowest BCUT2D eigenvalue weighted by molar-refractivity contribution is -0.143. The lowest BCUT2D eigenvalue weighted by Crippen LogP contribution is -2.49. The summed E-state index contributed by atoms with van der Waals surface area (Å²) in [5.74, 6) is -3.95. The maximum atomic E-state index is 11.9. The number of aromatic hydroxyl groups is 2. The number of carbonyl (C=O) groups excluding carboxylic acids is 1. The fourth-order valence-corrected chi connectivity index (χ4v) is 1.85. The van der Waals surface area contributed by atoms with Crippen LogP contribution in [-0.2, 0) is 20.8 Å². The van der Waals surface area contributed by atoms with E-state index < -0.39 is 36.4 Å². The number of phenolic OH excluding ortho intramolecular Hbond substituents is 2. The monoisotopic (exact) mass is 344 g/mol. The molecule has 0 bridgehead atoms. The summed E-state index contributed by atoms with van der Waals surface area (Å²) in [6.07, 6.45) is -0.660. The van der Waals surface area contributed by atoms with Gasteiger partial charge in [0.1, 0.15) is 6.04 Å². The average Bonchev–Trinajstić information content (AvgIpc) is 2.46. The minimum atomic E-state index is -1.35. The molecular weight excluding hydrogens is 324 g/mol. The van der Waals surface area contributed by atoms with Gasteiger partial charge in [-0.3, -0.25) is 9.59 Å². The van der Waals surface area contributed by atoms with Gasteiger partial charge in [0.25, 0.3) is 0 Å². The first-order valence-electron chi connectivity index (χ1n) is 6.72. The number of aliphatic carboxylic acids is 2. The van der Waals surface area contributed by atoms with Gasteiger partial charge in [0, 0.05) is 6.42 Å². The number of rotatable bonds is 8. The molecule has 0 spiro atoms. The van der Waals surface area contributed by atoms with Crippen LogP contribution in [0.3, 0.4) is 0 Å². The van der Waals surface area contributed by atoms with Crippen LogP contribution in [0.2, 0.25) is 0 Å². The molecule has 10 nitrogen and oxygen atoms in total. The molecule has 1 aromatic rings. The van der Waals surface area contributed by atoms with Gasteiger partial charge in [-0.05, 0) is 30.5 Å². The molecule has 0 saturated heterocycles. The molecule has 2 atom stereocenters. The molecular formula is C14H20N2O8. The Morgan fingerprint density at radius 1 is 1.12 bits per heavy atom. The minimum absolute atomic E-state index is 0. The smallest absolute Gasteiger partial charge is 0.326 e. The van der Waals surface area contributed by atoms with E-state index in [-0.39, 0.29) is 29.8 Å². The Balaban J connectivity index is 0.00000529. The van der Waals surface area contributed by atoms with E-state index in [1.165, 1.54) is 18.2 Å². The lowest BCUT2D eigenvalue weighted by Gasteiger charge is -2.17. The van der Waals surface area contributed by atoms with Crippen LogP contribution in [0.4, 0.5) is 0 Å². The van der Waals surface area contributed by atoms with Gasteiger partial charge >= 0.3 is 11.9 Å². The van der Waals surface area contributed by atoms with Crippen molar-refractivity contribution in [2.75, 3.05) is 0 Å². The van der Waals surface area contributed by atoms with Gasteiger partial charge in [-0.1, -0.05) is 6.07 Å². The van der Waals surface area contributed by atoms with Crippen molar-refractivity contribution in [2.45, 2.75) is 31.3 Å². The average molecular weight is 344 g/mol. The summed E-state index contributed by atoms with van der Waals surface area (Å²) in [4.78, 5) is 33.4. The molecule has 0 aliphatic heterocycles. The third kappa shape index (κ3) is 6.50. The predicted octanol–water partition coefficient (Wildman–Crippen LogP) is -1.42. The zero-order valence-corrected chi connectivity index (χ0v) is 12.6. The second kappa shape index (κ2) is 9.33. The van der Waals surface area contributed by atoms with Crippen LogP contribution in [0.25, 0.3) is 0 Å². The van der Waals surface area contributed by atoms with Crippen LogP contribution in [0.1, 0.15) is 18.4 Å². The number of amides is 1. The van der Waals surface area contributed by atoms with Crippen molar-refractivity contribution in [1.29, 1.82) is 0 Å². The highest BCUT2D eigenvalue weighted by Gasteiger charge is 2.24. The molecule has 0 unspecified atom stereocenters. The van der Waals surface area contributed by atoms with Crippen LogP contribution in [0, 0.1) is 0 Å². The van der Waals surface area contributed by atoms with Crippen molar-refractivity contribution in [2.24, 2.45) is 5.73 Å². The second-order valence-corrected chi connectivity index (χ2v) is 4.97. The molecule has 24 heavy (non-hydrogen) atoms. The lowest BCUT2D eigenvalue weighted by atomic mass is 10.0. The highest BCUT2D eigenvalue weighted by atomic mass is 16.4. The number of hydrogen-bond acceptors (Lipinski definition) is 6. The summed E-state index contributed by atoms with van der Waals surface area (Å²) >= 11 is 0. The molecule has 0 aliphatic rings. The van der Waals surface area contributed by atoms with Crippen LogP contribution in [-0.4, -0.2) is 55.8 Å². The number of nitrogens with one attached hydrogen (secondary N) is 1. The molecule has 0 saturated carbocycles. The van der Waals surface area contributed by atoms with E-state index in [0.717, 1.165) is 0 Å². The number of carboxylic acid groups (broad SMARTS) is 2. The quantitative estimate of drug-likeness (QED) is 0.308. The Bertz CT molecular complexity index is 604. The normalized spacial score (nSPS) is 12.5. The third-order valence-corrected chi connectivity index (χ3v) is 3.09. The first-order valence-corrected chi connectivity index (χ1v) is 6.72. The summed E-state index contributed by atoms with van der Waals surface area (Å²) in [7, 11) is 0. The van der Waals surface area contributed by atoms with Gasteiger partial charge in [0.2, 0.25) is 5.91 Å². The second-order valence-electron chi connectivity index (χ2n) is 4.97. The van der Waals surface area contributed by atoms with Crippen molar-refractivity contribution in [3.05, 3.63) is 23.8 Å². The molecule has 0 aliphatic carbocycles. The fraction of sp³-hybridized carbons (Fsp3) is 0.357. The molecule has 10 heteroatoms. The molecule has 1 amide bonds. The van der Waals surface area contributed by atoms with Crippen LogP contribution in [0.5, 0.6) is 11.5 Å². The molecule has 1 rings (SSSR count). The first kappa shape index (κ1) is 21.1. The minimum Gasteiger partial charge on any atom is -0.504 e. The number of phenols is 2. The van der Waals surface area contributed by atoms with E-state index in [0.29, 0.717) is 5.56 Å². The molecule has 0 radical (unpaired) electrons. The van der Waals surface area contributed by atoms with E-state index in [9.17, 15) is 24.6 Å². The van der Waals surface area contributed by atoms with Gasteiger partial charge < -0.3 is 37.0 Å². The van der Waals surface area contributed by atoms with Crippen molar-refractivity contribution in [3.63, 3.8) is 0 Å². The molecule has 9 N–H and O–H groups in total. The topological polar surface area (TPSA) is 202 Å². The number of benzene rings is 1. The zero-order chi connectivity index (χ0) is 17.6. The van der Waals surface area contributed by atoms with E-state index in [2.05, 4.69) is 5.32 Å². The SMILES string of the molecule is N[C@@H](Cc1ccc(O)c(O)c1)C(=O)N[C@@H](CCC(=O)O)C(=O)O.O. The Morgan fingerprint density at radius 3 is 2.25 bits per heavy atom. The number of carboxylic acids is 2. The summed E-state index contributed by atoms with van der Waals surface area (Å²) < 4.78 is 0. The zero-order valence-electron chi connectivity index (χ0n) is 12.6. The van der Waals surface area contributed by atoms with Gasteiger partial charge in [0.05, 0.1) is 6.04 Å². The Kier molecular flexibility index (Phi) is 8.22. The molecule has 1 aromatic carbocycles. The van der Waals surface area contributed by atoms with Crippen LogP contribution >= 0.6 is 0 Å². The van der Waals surface area contributed by atoms with Crippen molar-refractivity contribution < 1.29 is 40.3 Å².